The lowest BCUT2D eigenvalue weighted by Gasteiger charge is -2.15. The Labute approximate surface area is 93.6 Å². The number of hydrogen-bond donors (Lipinski definition) is 2. The number of rotatable bonds is 5. The van der Waals surface area contributed by atoms with E-state index in [2.05, 4.69) is 5.32 Å². The van der Waals surface area contributed by atoms with E-state index in [1.165, 1.54) is 6.92 Å². The van der Waals surface area contributed by atoms with Crippen LogP contribution in [0.15, 0.2) is 0 Å². The predicted octanol–water partition coefficient (Wildman–Crippen LogP) is -0.554. The molecule has 90 valence electrons. The van der Waals surface area contributed by atoms with Crippen molar-refractivity contribution in [3.05, 3.63) is 0 Å². The first-order valence-electron chi connectivity index (χ1n) is 5.25. The SMILES string of the molecule is CC(=O)NCCCN1CC(C(=O)O)CC1=O. The molecule has 1 aliphatic heterocycles. The summed E-state index contributed by atoms with van der Waals surface area (Å²) in [7, 11) is 0. The lowest BCUT2D eigenvalue weighted by molar-refractivity contribution is -0.141. The third-order valence-corrected chi connectivity index (χ3v) is 2.54. The second-order valence-corrected chi connectivity index (χ2v) is 3.92. The van der Waals surface area contributed by atoms with Crippen molar-refractivity contribution >= 4 is 17.8 Å². The molecule has 6 nitrogen and oxygen atoms in total. The average molecular weight is 228 g/mol. The van der Waals surface area contributed by atoms with Gasteiger partial charge in [0.15, 0.2) is 0 Å². The number of carbonyl (C=O) groups is 3. The van der Waals surface area contributed by atoms with Crippen molar-refractivity contribution in [2.75, 3.05) is 19.6 Å². The third-order valence-electron chi connectivity index (χ3n) is 2.54. The topological polar surface area (TPSA) is 86.7 Å². The fourth-order valence-electron chi connectivity index (χ4n) is 1.69. The fourth-order valence-corrected chi connectivity index (χ4v) is 1.69. The van der Waals surface area contributed by atoms with E-state index < -0.39 is 11.9 Å². The van der Waals surface area contributed by atoms with Gasteiger partial charge in [-0.2, -0.15) is 0 Å². The summed E-state index contributed by atoms with van der Waals surface area (Å²) < 4.78 is 0. The molecule has 0 radical (unpaired) electrons. The summed E-state index contributed by atoms with van der Waals surface area (Å²) >= 11 is 0. The molecule has 2 amide bonds. The Balaban J connectivity index is 2.25. The first kappa shape index (κ1) is 12.5. The van der Waals surface area contributed by atoms with Crippen molar-refractivity contribution in [3.8, 4) is 0 Å². The second kappa shape index (κ2) is 5.48. The van der Waals surface area contributed by atoms with E-state index in [4.69, 9.17) is 5.11 Å². The molecule has 1 aliphatic rings. The van der Waals surface area contributed by atoms with Crippen molar-refractivity contribution in [1.82, 2.24) is 10.2 Å². The van der Waals surface area contributed by atoms with Crippen LogP contribution in [0.5, 0.6) is 0 Å². The molecule has 1 heterocycles. The summed E-state index contributed by atoms with van der Waals surface area (Å²) in [5.74, 6) is -1.71. The minimum Gasteiger partial charge on any atom is -0.481 e. The van der Waals surface area contributed by atoms with Gasteiger partial charge >= 0.3 is 5.97 Å². The molecule has 1 fully saturated rings. The molecule has 6 heteroatoms. The van der Waals surface area contributed by atoms with E-state index in [0.717, 1.165) is 0 Å². The van der Waals surface area contributed by atoms with Gasteiger partial charge in [-0.15, -0.1) is 0 Å². The van der Waals surface area contributed by atoms with Crippen LogP contribution in [-0.4, -0.2) is 47.4 Å². The zero-order valence-corrected chi connectivity index (χ0v) is 9.23. The third kappa shape index (κ3) is 3.52. The minimum absolute atomic E-state index is 0.0927. The van der Waals surface area contributed by atoms with Crippen LogP contribution in [0.4, 0.5) is 0 Å². The highest BCUT2D eigenvalue weighted by atomic mass is 16.4. The smallest absolute Gasteiger partial charge is 0.308 e. The molecule has 16 heavy (non-hydrogen) atoms. The molecule has 1 atom stereocenters. The molecule has 0 aromatic carbocycles. The number of amides is 2. The summed E-state index contributed by atoms with van der Waals surface area (Å²) in [6, 6.07) is 0. The largest absolute Gasteiger partial charge is 0.481 e. The van der Waals surface area contributed by atoms with Gasteiger partial charge in [-0.3, -0.25) is 14.4 Å². The maximum atomic E-state index is 11.4. The van der Waals surface area contributed by atoms with Gasteiger partial charge in [-0.05, 0) is 6.42 Å². The predicted molar refractivity (Wildman–Crippen MR) is 55.6 cm³/mol. The number of nitrogens with one attached hydrogen (secondary N) is 1. The van der Waals surface area contributed by atoms with Gasteiger partial charge in [0, 0.05) is 33.0 Å². The van der Waals surface area contributed by atoms with Gasteiger partial charge < -0.3 is 15.3 Å². The summed E-state index contributed by atoms with van der Waals surface area (Å²) in [6.45, 7) is 2.73. The number of hydrogen-bond acceptors (Lipinski definition) is 3. The van der Waals surface area contributed by atoms with Crippen molar-refractivity contribution in [1.29, 1.82) is 0 Å². The molecular weight excluding hydrogens is 212 g/mol. The first-order valence-corrected chi connectivity index (χ1v) is 5.25. The van der Waals surface area contributed by atoms with E-state index >= 15 is 0 Å². The van der Waals surface area contributed by atoms with Crippen molar-refractivity contribution < 1.29 is 19.5 Å². The van der Waals surface area contributed by atoms with Crippen LogP contribution < -0.4 is 5.32 Å². The second-order valence-electron chi connectivity index (χ2n) is 3.92. The van der Waals surface area contributed by atoms with Crippen LogP contribution in [0.25, 0.3) is 0 Å². The summed E-state index contributed by atoms with van der Waals surface area (Å²) in [4.78, 5) is 34.2. The van der Waals surface area contributed by atoms with E-state index in [-0.39, 0.29) is 24.8 Å². The normalized spacial score (nSPS) is 19.9. The van der Waals surface area contributed by atoms with Crippen LogP contribution in [0.1, 0.15) is 19.8 Å². The van der Waals surface area contributed by atoms with Crippen LogP contribution in [-0.2, 0) is 14.4 Å². The van der Waals surface area contributed by atoms with Gasteiger partial charge in [-0.1, -0.05) is 0 Å². The highest BCUT2D eigenvalue weighted by molar-refractivity contribution is 5.86. The fraction of sp³-hybridized carbons (Fsp3) is 0.700. The lowest BCUT2D eigenvalue weighted by Crippen LogP contribution is -2.30. The molecule has 0 spiro atoms. The number of nitrogens with zero attached hydrogens (tertiary/aromatic N) is 1. The van der Waals surface area contributed by atoms with Crippen molar-refractivity contribution in [3.63, 3.8) is 0 Å². The lowest BCUT2D eigenvalue weighted by atomic mass is 10.1. The number of carbonyl (C=O) groups excluding carboxylic acids is 2. The zero-order chi connectivity index (χ0) is 12.1. The molecular formula is C10H16N2O4. The highest BCUT2D eigenvalue weighted by Gasteiger charge is 2.33. The van der Waals surface area contributed by atoms with Crippen LogP contribution in [0.2, 0.25) is 0 Å². The maximum Gasteiger partial charge on any atom is 0.308 e. The van der Waals surface area contributed by atoms with Gasteiger partial charge in [0.05, 0.1) is 5.92 Å². The standard InChI is InChI=1S/C10H16N2O4/c1-7(13)11-3-2-4-12-6-8(10(15)16)5-9(12)14/h8H,2-6H2,1H3,(H,11,13)(H,15,16). The van der Waals surface area contributed by atoms with Gasteiger partial charge in [0.25, 0.3) is 0 Å². The molecule has 0 aromatic heterocycles. The van der Waals surface area contributed by atoms with Crippen LogP contribution in [0.3, 0.4) is 0 Å². The number of carboxylic acids is 1. The zero-order valence-electron chi connectivity index (χ0n) is 9.23. The Hall–Kier alpha value is -1.59. The van der Waals surface area contributed by atoms with Gasteiger partial charge in [0.1, 0.15) is 0 Å². The Morgan fingerprint density at radius 3 is 2.75 bits per heavy atom. The van der Waals surface area contributed by atoms with Crippen LogP contribution >= 0.6 is 0 Å². The minimum atomic E-state index is -0.919. The summed E-state index contributed by atoms with van der Waals surface area (Å²) in [6.07, 6.45) is 0.743. The Bertz CT molecular complexity index is 303. The maximum absolute atomic E-state index is 11.4. The van der Waals surface area contributed by atoms with Crippen molar-refractivity contribution in [2.24, 2.45) is 5.92 Å². The number of carboxylic acid groups (broad SMARTS) is 1. The van der Waals surface area contributed by atoms with Gasteiger partial charge in [-0.25, -0.2) is 0 Å². The van der Waals surface area contributed by atoms with E-state index in [9.17, 15) is 14.4 Å². The summed E-state index contributed by atoms with van der Waals surface area (Å²) in [5.41, 5.74) is 0. The van der Waals surface area contributed by atoms with Crippen LogP contribution in [0, 0.1) is 5.92 Å². The molecule has 1 unspecified atom stereocenters. The molecule has 1 rings (SSSR count). The monoisotopic (exact) mass is 228 g/mol. The summed E-state index contributed by atoms with van der Waals surface area (Å²) in [5, 5.41) is 11.4. The molecule has 0 saturated carbocycles. The molecule has 1 saturated heterocycles. The van der Waals surface area contributed by atoms with Crippen molar-refractivity contribution in [2.45, 2.75) is 19.8 Å². The molecule has 0 aliphatic carbocycles. The van der Waals surface area contributed by atoms with E-state index in [0.29, 0.717) is 19.5 Å². The first-order chi connectivity index (χ1) is 7.50. The van der Waals surface area contributed by atoms with E-state index in [1.54, 1.807) is 4.90 Å². The number of aliphatic carboxylic acids is 1. The Morgan fingerprint density at radius 2 is 2.25 bits per heavy atom. The van der Waals surface area contributed by atoms with E-state index in [1.807, 2.05) is 0 Å². The molecule has 0 bridgehead atoms. The Kier molecular flexibility index (Phi) is 4.28. The number of likely N-dealkylation sites (tertiary alicyclic amines) is 1. The van der Waals surface area contributed by atoms with Gasteiger partial charge in [0.2, 0.25) is 11.8 Å². The quantitative estimate of drug-likeness (QED) is 0.618. The average Bonchev–Trinajstić information content (AvgIpc) is 2.55. The molecule has 2 N–H and O–H groups in total. The highest BCUT2D eigenvalue weighted by Crippen LogP contribution is 2.17. The molecule has 0 aromatic rings. The Morgan fingerprint density at radius 1 is 1.56 bits per heavy atom.